The first-order valence-corrected chi connectivity index (χ1v) is 10.1. The lowest BCUT2D eigenvalue weighted by Gasteiger charge is -2.08. The summed E-state index contributed by atoms with van der Waals surface area (Å²) >= 11 is 1.10. The summed E-state index contributed by atoms with van der Waals surface area (Å²) in [4.78, 5) is 28.5. The largest absolute Gasteiger partial charge is 0.462 e. The van der Waals surface area contributed by atoms with Gasteiger partial charge in [0.15, 0.2) is 22.6 Å². The molecule has 0 radical (unpaired) electrons. The van der Waals surface area contributed by atoms with Crippen LogP contribution in [0.15, 0.2) is 35.5 Å². The van der Waals surface area contributed by atoms with Crippen LogP contribution < -0.4 is 5.32 Å². The number of imidazole rings is 1. The second-order valence-electron chi connectivity index (χ2n) is 6.12. The molecule has 10 heteroatoms. The van der Waals surface area contributed by atoms with Gasteiger partial charge in [0.1, 0.15) is 0 Å². The monoisotopic (exact) mass is 437 g/mol. The molecule has 3 aromatic rings. The van der Waals surface area contributed by atoms with Gasteiger partial charge in [-0.05, 0) is 44.2 Å². The molecular formula is C20H18F3N3O3S. The van der Waals surface area contributed by atoms with E-state index in [9.17, 15) is 22.8 Å². The van der Waals surface area contributed by atoms with Crippen LogP contribution in [0.2, 0.25) is 0 Å². The van der Waals surface area contributed by atoms with Crippen LogP contribution >= 0.6 is 11.8 Å². The standard InChI is InChI=1S/C20H18F3N3O3S/c1-3-26-15-8-5-11(19(28)29-4-2)9-14(15)25-20(26)30-10-16(27)24-13-7-6-12(21)17(22)18(13)23/h5-9H,3-4,10H2,1-2H3,(H,24,27). The first-order valence-electron chi connectivity index (χ1n) is 9.09. The van der Waals surface area contributed by atoms with Gasteiger partial charge in [0.05, 0.1) is 34.6 Å². The Balaban J connectivity index is 1.76. The van der Waals surface area contributed by atoms with E-state index in [0.717, 1.165) is 29.4 Å². The van der Waals surface area contributed by atoms with Gasteiger partial charge in [-0.3, -0.25) is 4.79 Å². The molecule has 3 rings (SSSR count). The number of rotatable bonds is 7. The summed E-state index contributed by atoms with van der Waals surface area (Å²) in [5.41, 5.74) is 1.27. The fourth-order valence-corrected chi connectivity index (χ4v) is 3.68. The van der Waals surface area contributed by atoms with Gasteiger partial charge in [-0.1, -0.05) is 11.8 Å². The normalized spacial score (nSPS) is 11.0. The second-order valence-corrected chi connectivity index (χ2v) is 7.06. The Bertz CT molecular complexity index is 1120. The van der Waals surface area contributed by atoms with Gasteiger partial charge < -0.3 is 14.6 Å². The number of aryl methyl sites for hydroxylation is 1. The van der Waals surface area contributed by atoms with Crippen molar-refractivity contribution in [1.29, 1.82) is 0 Å². The zero-order valence-corrected chi connectivity index (χ0v) is 17.0. The van der Waals surface area contributed by atoms with E-state index in [2.05, 4.69) is 10.3 Å². The number of aromatic nitrogens is 2. The zero-order chi connectivity index (χ0) is 21.8. The maximum atomic E-state index is 13.7. The molecule has 0 aliphatic heterocycles. The minimum Gasteiger partial charge on any atom is -0.462 e. The molecule has 158 valence electrons. The summed E-state index contributed by atoms with van der Waals surface area (Å²) in [6.07, 6.45) is 0. The van der Waals surface area contributed by atoms with Crippen molar-refractivity contribution < 1.29 is 27.5 Å². The highest BCUT2D eigenvalue weighted by molar-refractivity contribution is 7.99. The van der Waals surface area contributed by atoms with Crippen molar-refractivity contribution in [3.05, 3.63) is 53.3 Å². The number of amides is 1. The fourth-order valence-electron chi connectivity index (χ4n) is 2.80. The summed E-state index contributed by atoms with van der Waals surface area (Å²) < 4.78 is 46.9. The number of thioether (sulfide) groups is 1. The van der Waals surface area contributed by atoms with Crippen molar-refractivity contribution >= 4 is 40.4 Å². The summed E-state index contributed by atoms with van der Waals surface area (Å²) in [6.45, 7) is 4.45. The maximum absolute atomic E-state index is 13.7. The Labute approximate surface area is 174 Å². The number of carbonyl (C=O) groups excluding carboxylic acids is 2. The van der Waals surface area contributed by atoms with Crippen molar-refractivity contribution in [3.63, 3.8) is 0 Å². The smallest absolute Gasteiger partial charge is 0.338 e. The lowest BCUT2D eigenvalue weighted by molar-refractivity contribution is -0.113. The number of benzene rings is 2. The van der Waals surface area contributed by atoms with Gasteiger partial charge in [0.2, 0.25) is 5.91 Å². The number of nitrogens with zero attached hydrogens (tertiary/aromatic N) is 2. The van der Waals surface area contributed by atoms with E-state index < -0.39 is 35.0 Å². The SMILES string of the molecule is CCOC(=O)c1ccc2c(c1)nc(SCC(=O)Nc1ccc(F)c(F)c1F)n2CC. The van der Waals surface area contributed by atoms with Gasteiger partial charge in [0.25, 0.3) is 0 Å². The molecule has 1 N–H and O–H groups in total. The second kappa shape index (κ2) is 9.21. The summed E-state index contributed by atoms with van der Waals surface area (Å²) in [6, 6.07) is 6.69. The number of carbonyl (C=O) groups is 2. The lowest BCUT2D eigenvalue weighted by Crippen LogP contribution is -2.16. The molecule has 0 fully saturated rings. The first kappa shape index (κ1) is 21.7. The molecule has 0 saturated heterocycles. The van der Waals surface area contributed by atoms with Crippen molar-refractivity contribution in [1.82, 2.24) is 9.55 Å². The van der Waals surface area contributed by atoms with Crippen LogP contribution in [0.25, 0.3) is 11.0 Å². The number of halogens is 3. The third-order valence-electron chi connectivity index (χ3n) is 4.18. The number of hydrogen-bond donors (Lipinski definition) is 1. The molecule has 6 nitrogen and oxygen atoms in total. The molecule has 0 aliphatic carbocycles. The molecule has 0 saturated carbocycles. The summed E-state index contributed by atoms with van der Waals surface area (Å²) in [5.74, 6) is -5.63. The number of ether oxygens (including phenoxy) is 1. The molecule has 2 aromatic carbocycles. The number of fused-ring (bicyclic) bond motifs is 1. The molecule has 0 bridgehead atoms. The molecule has 1 aromatic heterocycles. The maximum Gasteiger partial charge on any atom is 0.338 e. The average Bonchev–Trinajstić information content (AvgIpc) is 3.09. The fraction of sp³-hybridized carbons (Fsp3) is 0.250. The van der Waals surface area contributed by atoms with Crippen molar-refractivity contribution in [2.75, 3.05) is 17.7 Å². The van der Waals surface area contributed by atoms with Crippen LogP contribution in [-0.2, 0) is 16.1 Å². The van der Waals surface area contributed by atoms with E-state index in [1.165, 1.54) is 0 Å². The van der Waals surface area contributed by atoms with Crippen LogP contribution in [0.5, 0.6) is 0 Å². The predicted molar refractivity (Wildman–Crippen MR) is 107 cm³/mol. The van der Waals surface area contributed by atoms with Crippen LogP contribution in [-0.4, -0.2) is 33.8 Å². The van der Waals surface area contributed by atoms with Crippen LogP contribution in [0, 0.1) is 17.5 Å². The van der Waals surface area contributed by atoms with Crippen molar-refractivity contribution in [2.24, 2.45) is 0 Å². The summed E-state index contributed by atoms with van der Waals surface area (Å²) in [5, 5.41) is 2.74. The Morgan fingerprint density at radius 3 is 2.60 bits per heavy atom. The molecule has 1 heterocycles. The zero-order valence-electron chi connectivity index (χ0n) is 16.2. The van der Waals surface area contributed by atoms with Gasteiger partial charge in [-0.2, -0.15) is 0 Å². The third-order valence-corrected chi connectivity index (χ3v) is 5.16. The Hall–Kier alpha value is -3.01. The molecular weight excluding hydrogens is 419 g/mol. The molecule has 0 spiro atoms. The lowest BCUT2D eigenvalue weighted by atomic mass is 10.2. The predicted octanol–water partition coefficient (Wildman–Crippen LogP) is 4.38. The van der Waals surface area contributed by atoms with Crippen molar-refractivity contribution in [3.8, 4) is 0 Å². The third kappa shape index (κ3) is 4.43. The number of anilines is 1. The van der Waals surface area contributed by atoms with Gasteiger partial charge >= 0.3 is 5.97 Å². The van der Waals surface area contributed by atoms with E-state index in [4.69, 9.17) is 4.74 Å². The van der Waals surface area contributed by atoms with E-state index in [1.54, 1.807) is 25.1 Å². The topological polar surface area (TPSA) is 73.2 Å². The number of nitrogens with one attached hydrogen (secondary N) is 1. The van der Waals surface area contributed by atoms with Gasteiger partial charge in [0, 0.05) is 6.54 Å². The Kier molecular flexibility index (Phi) is 6.66. The number of esters is 1. The molecule has 30 heavy (non-hydrogen) atoms. The minimum atomic E-state index is -1.65. The van der Waals surface area contributed by atoms with Crippen LogP contribution in [0.4, 0.5) is 18.9 Å². The van der Waals surface area contributed by atoms with Crippen molar-refractivity contribution in [2.45, 2.75) is 25.5 Å². The molecule has 0 atom stereocenters. The van der Waals surface area contributed by atoms with E-state index >= 15 is 0 Å². The Morgan fingerprint density at radius 2 is 1.90 bits per heavy atom. The molecule has 1 amide bonds. The van der Waals surface area contributed by atoms with Crippen LogP contribution in [0.3, 0.4) is 0 Å². The molecule has 0 aliphatic rings. The average molecular weight is 437 g/mol. The van der Waals surface area contributed by atoms with Crippen LogP contribution in [0.1, 0.15) is 24.2 Å². The minimum absolute atomic E-state index is 0.132. The molecule has 0 unspecified atom stereocenters. The highest BCUT2D eigenvalue weighted by Crippen LogP contribution is 2.26. The van der Waals surface area contributed by atoms with Gasteiger partial charge in [-0.15, -0.1) is 0 Å². The van der Waals surface area contributed by atoms with E-state index in [0.29, 0.717) is 22.8 Å². The van der Waals surface area contributed by atoms with E-state index in [1.807, 2.05) is 11.5 Å². The quantitative estimate of drug-likeness (QED) is 0.337. The summed E-state index contributed by atoms with van der Waals surface area (Å²) in [7, 11) is 0. The first-order chi connectivity index (χ1) is 14.3. The Morgan fingerprint density at radius 1 is 1.13 bits per heavy atom. The van der Waals surface area contributed by atoms with E-state index in [-0.39, 0.29) is 12.4 Å². The number of hydrogen-bond acceptors (Lipinski definition) is 5. The highest BCUT2D eigenvalue weighted by Gasteiger charge is 2.17. The van der Waals surface area contributed by atoms with Gasteiger partial charge in [-0.25, -0.2) is 22.9 Å². The highest BCUT2D eigenvalue weighted by atomic mass is 32.2.